The molecule has 0 radical (unpaired) electrons. The first-order valence-electron chi connectivity index (χ1n) is 4.99. The zero-order valence-electron chi connectivity index (χ0n) is 9.12. The second-order valence-corrected chi connectivity index (χ2v) is 3.72. The van der Waals surface area contributed by atoms with Crippen LogP contribution in [0.5, 0.6) is 0 Å². The van der Waals surface area contributed by atoms with Crippen LogP contribution in [-0.4, -0.2) is 17.8 Å². The highest BCUT2D eigenvalue weighted by Crippen LogP contribution is 2.16. The van der Waals surface area contributed by atoms with Crippen molar-refractivity contribution in [2.45, 2.75) is 26.4 Å². The zero-order valence-corrected chi connectivity index (χ0v) is 9.12. The summed E-state index contributed by atoms with van der Waals surface area (Å²) in [6.07, 6.45) is -0.437. The number of benzene rings is 1. The average molecular weight is 204 g/mol. The van der Waals surface area contributed by atoms with E-state index in [-0.39, 0.29) is 6.42 Å². The van der Waals surface area contributed by atoms with E-state index >= 15 is 0 Å². The molecule has 1 aromatic rings. The Balaban J connectivity index is 2.57. The topological polar surface area (TPSA) is 56.0 Å². The van der Waals surface area contributed by atoms with Crippen molar-refractivity contribution in [3.63, 3.8) is 0 Å². The van der Waals surface area contributed by atoms with Crippen molar-refractivity contribution in [3.05, 3.63) is 29.3 Å². The Morgan fingerprint density at radius 3 is 2.87 bits per heavy atom. The molecule has 3 nitrogen and oxygen atoms in total. The summed E-state index contributed by atoms with van der Waals surface area (Å²) in [6.45, 7) is 4.45. The van der Waals surface area contributed by atoms with Gasteiger partial charge in [-0.1, -0.05) is 12.1 Å². The van der Waals surface area contributed by atoms with Gasteiger partial charge in [-0.15, -0.1) is 0 Å². The lowest BCUT2D eigenvalue weighted by molar-refractivity contribution is 0.193. The van der Waals surface area contributed by atoms with Gasteiger partial charge in [-0.25, -0.2) is 0 Å². The van der Waals surface area contributed by atoms with Gasteiger partial charge in [-0.3, -0.25) is 0 Å². The number of aliphatic hydroxyl groups excluding tert-OH is 1. The van der Waals surface area contributed by atoms with Crippen LogP contribution < -0.4 is 5.32 Å². The Kier molecular flexibility index (Phi) is 4.14. The van der Waals surface area contributed by atoms with Gasteiger partial charge in [0, 0.05) is 12.2 Å². The van der Waals surface area contributed by atoms with E-state index in [2.05, 4.69) is 5.32 Å². The summed E-state index contributed by atoms with van der Waals surface area (Å²) in [5.74, 6) is 0. The fourth-order valence-electron chi connectivity index (χ4n) is 1.33. The second kappa shape index (κ2) is 5.38. The van der Waals surface area contributed by atoms with Gasteiger partial charge in [0.25, 0.3) is 0 Å². The molecule has 0 heterocycles. The molecule has 0 saturated heterocycles. The van der Waals surface area contributed by atoms with Gasteiger partial charge in [0.2, 0.25) is 0 Å². The Morgan fingerprint density at radius 1 is 1.47 bits per heavy atom. The molecule has 1 aromatic carbocycles. The number of nitrogens with one attached hydrogen (secondary N) is 1. The van der Waals surface area contributed by atoms with Crippen LogP contribution in [0.15, 0.2) is 18.2 Å². The maximum atomic E-state index is 9.39. The summed E-state index contributed by atoms with van der Waals surface area (Å²) in [7, 11) is 0. The molecule has 1 unspecified atom stereocenters. The second-order valence-electron chi connectivity index (χ2n) is 3.72. The summed E-state index contributed by atoms with van der Waals surface area (Å²) >= 11 is 0. The third-order valence-electron chi connectivity index (χ3n) is 2.25. The number of hydrogen-bond donors (Lipinski definition) is 2. The third kappa shape index (κ3) is 3.61. The molecule has 0 bridgehead atoms. The van der Waals surface area contributed by atoms with E-state index in [4.69, 9.17) is 5.26 Å². The van der Waals surface area contributed by atoms with Crippen LogP contribution in [0, 0.1) is 25.2 Å². The van der Waals surface area contributed by atoms with Crippen LogP contribution >= 0.6 is 0 Å². The van der Waals surface area contributed by atoms with Gasteiger partial charge >= 0.3 is 0 Å². The molecule has 2 N–H and O–H groups in total. The fourth-order valence-corrected chi connectivity index (χ4v) is 1.33. The lowest BCUT2D eigenvalue weighted by Crippen LogP contribution is -2.19. The molecule has 0 aliphatic carbocycles. The van der Waals surface area contributed by atoms with E-state index in [1.54, 1.807) is 0 Å². The Hall–Kier alpha value is -1.53. The number of aryl methyl sites for hydroxylation is 2. The summed E-state index contributed by atoms with van der Waals surface area (Å²) in [6, 6.07) is 8.06. The standard InChI is InChI=1S/C12H16N2O/c1-9-3-4-10(2)12(7-9)14-8-11(15)5-6-13/h3-4,7,11,14-15H,5,8H2,1-2H3. The minimum atomic E-state index is -0.602. The predicted molar refractivity (Wildman–Crippen MR) is 60.6 cm³/mol. The van der Waals surface area contributed by atoms with Crippen molar-refractivity contribution in [2.75, 3.05) is 11.9 Å². The Morgan fingerprint density at radius 2 is 2.20 bits per heavy atom. The third-order valence-corrected chi connectivity index (χ3v) is 2.25. The smallest absolute Gasteiger partial charge is 0.0842 e. The first-order valence-corrected chi connectivity index (χ1v) is 4.99. The number of aliphatic hydroxyl groups is 1. The lowest BCUT2D eigenvalue weighted by atomic mass is 10.1. The van der Waals surface area contributed by atoms with Crippen molar-refractivity contribution in [3.8, 4) is 6.07 Å². The Labute approximate surface area is 90.4 Å². The van der Waals surface area contributed by atoms with Gasteiger partial charge < -0.3 is 10.4 Å². The van der Waals surface area contributed by atoms with Gasteiger partial charge in [-0.05, 0) is 31.0 Å². The highest BCUT2D eigenvalue weighted by molar-refractivity contribution is 5.52. The number of anilines is 1. The predicted octanol–water partition coefficient (Wildman–Crippen LogP) is 1.99. The minimum absolute atomic E-state index is 0.165. The van der Waals surface area contributed by atoms with Gasteiger partial charge in [-0.2, -0.15) is 5.26 Å². The van der Waals surface area contributed by atoms with Crippen LogP contribution in [0.4, 0.5) is 5.69 Å². The van der Waals surface area contributed by atoms with E-state index in [9.17, 15) is 5.11 Å². The fraction of sp³-hybridized carbons (Fsp3) is 0.417. The molecule has 15 heavy (non-hydrogen) atoms. The monoisotopic (exact) mass is 204 g/mol. The first kappa shape index (κ1) is 11.5. The van der Waals surface area contributed by atoms with Crippen molar-refractivity contribution >= 4 is 5.69 Å². The van der Waals surface area contributed by atoms with Gasteiger partial charge in [0.1, 0.15) is 0 Å². The van der Waals surface area contributed by atoms with E-state index in [1.807, 2.05) is 38.1 Å². The van der Waals surface area contributed by atoms with Crippen molar-refractivity contribution in [1.29, 1.82) is 5.26 Å². The van der Waals surface area contributed by atoms with Gasteiger partial charge in [0.05, 0.1) is 18.6 Å². The number of nitriles is 1. The molecular formula is C12H16N2O. The lowest BCUT2D eigenvalue weighted by Gasteiger charge is -2.12. The normalized spacial score (nSPS) is 11.9. The summed E-state index contributed by atoms with van der Waals surface area (Å²) in [4.78, 5) is 0. The largest absolute Gasteiger partial charge is 0.390 e. The minimum Gasteiger partial charge on any atom is -0.390 e. The summed E-state index contributed by atoms with van der Waals surface area (Å²) in [5, 5.41) is 20.9. The molecule has 0 saturated carbocycles. The zero-order chi connectivity index (χ0) is 11.3. The first-order chi connectivity index (χ1) is 7.13. The number of nitrogens with zero attached hydrogens (tertiary/aromatic N) is 1. The Bertz CT molecular complexity index is 368. The molecule has 0 aromatic heterocycles. The summed E-state index contributed by atoms with van der Waals surface area (Å²) in [5.41, 5.74) is 3.34. The SMILES string of the molecule is Cc1ccc(C)c(NCC(O)CC#N)c1. The molecule has 0 amide bonds. The van der Waals surface area contributed by atoms with E-state index in [0.29, 0.717) is 6.54 Å². The average Bonchev–Trinajstić information content (AvgIpc) is 2.20. The molecule has 0 spiro atoms. The molecule has 1 rings (SSSR count). The molecule has 3 heteroatoms. The van der Waals surface area contributed by atoms with Gasteiger partial charge in [0.15, 0.2) is 0 Å². The van der Waals surface area contributed by atoms with Crippen LogP contribution in [0.25, 0.3) is 0 Å². The molecular weight excluding hydrogens is 188 g/mol. The maximum Gasteiger partial charge on any atom is 0.0842 e. The quantitative estimate of drug-likeness (QED) is 0.788. The molecule has 1 atom stereocenters. The van der Waals surface area contributed by atoms with E-state index in [1.165, 1.54) is 5.56 Å². The molecule has 0 aliphatic rings. The van der Waals surface area contributed by atoms with E-state index < -0.39 is 6.10 Å². The summed E-state index contributed by atoms with van der Waals surface area (Å²) < 4.78 is 0. The van der Waals surface area contributed by atoms with E-state index in [0.717, 1.165) is 11.3 Å². The van der Waals surface area contributed by atoms with Crippen LogP contribution in [0.3, 0.4) is 0 Å². The van der Waals surface area contributed by atoms with Crippen LogP contribution in [0.2, 0.25) is 0 Å². The van der Waals surface area contributed by atoms with Crippen molar-refractivity contribution < 1.29 is 5.11 Å². The van der Waals surface area contributed by atoms with Crippen molar-refractivity contribution in [2.24, 2.45) is 0 Å². The maximum absolute atomic E-state index is 9.39. The highest BCUT2D eigenvalue weighted by atomic mass is 16.3. The van der Waals surface area contributed by atoms with Crippen LogP contribution in [0.1, 0.15) is 17.5 Å². The number of hydrogen-bond acceptors (Lipinski definition) is 3. The number of rotatable bonds is 4. The molecule has 0 aliphatic heterocycles. The molecule has 80 valence electrons. The highest BCUT2D eigenvalue weighted by Gasteiger charge is 2.04. The van der Waals surface area contributed by atoms with Crippen molar-refractivity contribution in [1.82, 2.24) is 0 Å². The van der Waals surface area contributed by atoms with Crippen LogP contribution in [-0.2, 0) is 0 Å². The molecule has 0 fully saturated rings.